The highest BCUT2D eigenvalue weighted by Gasteiger charge is 2.46. The number of hydrogen-bond donors (Lipinski definition) is 1. The predicted molar refractivity (Wildman–Crippen MR) is 142 cm³/mol. The van der Waals surface area contributed by atoms with E-state index in [0.29, 0.717) is 5.56 Å². The summed E-state index contributed by atoms with van der Waals surface area (Å²) in [5.74, 6) is -1.82. The van der Waals surface area contributed by atoms with E-state index in [-0.39, 0.29) is 39.2 Å². The number of rotatable bonds is 7. The summed E-state index contributed by atoms with van der Waals surface area (Å²) >= 11 is 12.8. The minimum absolute atomic E-state index is 0.0250. The van der Waals surface area contributed by atoms with Crippen LogP contribution in [0.3, 0.4) is 0 Å². The molecule has 2 heterocycles. The highest BCUT2D eigenvalue weighted by atomic mass is 35.5. The number of halogens is 2. The third-order valence-corrected chi connectivity index (χ3v) is 6.79. The number of methoxy groups -OCH3 is 2. The van der Waals surface area contributed by atoms with E-state index >= 15 is 0 Å². The number of hydrogen-bond acceptors (Lipinski definition) is 7. The number of pyridine rings is 1. The van der Waals surface area contributed by atoms with Gasteiger partial charge in [0.1, 0.15) is 10.8 Å². The molecule has 1 atom stereocenters. The van der Waals surface area contributed by atoms with Crippen molar-refractivity contribution in [2.45, 2.75) is 12.6 Å². The topological polar surface area (TPSA) is 92.2 Å². The Balaban J connectivity index is 1.94. The molecule has 192 valence electrons. The Morgan fingerprint density at radius 1 is 1.03 bits per heavy atom. The highest BCUT2D eigenvalue weighted by molar-refractivity contribution is 6.47. The number of ether oxygens (including phenoxy) is 2. The van der Waals surface area contributed by atoms with E-state index in [1.165, 1.54) is 25.2 Å². The molecule has 1 aliphatic heterocycles. The standard InChI is InChI=1S/C27H25Cl2N3O5/c1-31(2)17-7-5-16(6-8-17)22-20(24(34)27(35)32(22)14-15-9-11-30-12-10-15)23(33)18-13-19(28)26(37-4)21(29)25(18)36-3/h5-13,22,33H,14H2,1-4H3/b23-20+. The van der Waals surface area contributed by atoms with Gasteiger partial charge in [-0.3, -0.25) is 14.6 Å². The molecule has 0 radical (unpaired) electrons. The number of carbonyl (C=O) groups is 2. The maximum absolute atomic E-state index is 13.4. The number of amides is 1. The summed E-state index contributed by atoms with van der Waals surface area (Å²) in [7, 11) is 6.58. The number of benzene rings is 2. The largest absolute Gasteiger partial charge is 0.507 e. The molecule has 1 unspecified atom stereocenters. The maximum Gasteiger partial charge on any atom is 0.295 e. The van der Waals surface area contributed by atoms with Gasteiger partial charge in [-0.25, -0.2) is 0 Å². The number of Topliss-reactive ketones (excluding diaryl/α,β-unsaturated/α-hetero) is 1. The van der Waals surface area contributed by atoms with E-state index < -0.39 is 23.5 Å². The first-order chi connectivity index (χ1) is 17.7. The number of ketones is 1. The Bertz CT molecular complexity index is 1380. The van der Waals surface area contributed by atoms with Crippen LogP contribution < -0.4 is 14.4 Å². The van der Waals surface area contributed by atoms with Gasteiger partial charge in [0.25, 0.3) is 11.7 Å². The summed E-state index contributed by atoms with van der Waals surface area (Å²) in [5.41, 5.74) is 2.32. The van der Waals surface area contributed by atoms with E-state index in [9.17, 15) is 14.7 Å². The van der Waals surface area contributed by atoms with Crippen molar-refractivity contribution in [3.63, 3.8) is 0 Å². The Hall–Kier alpha value is -3.75. The van der Waals surface area contributed by atoms with Crippen LogP contribution in [0.1, 0.15) is 22.7 Å². The molecule has 1 aliphatic rings. The third kappa shape index (κ3) is 4.82. The molecule has 4 rings (SSSR count). The lowest BCUT2D eigenvalue weighted by molar-refractivity contribution is -0.140. The van der Waals surface area contributed by atoms with Crippen molar-refractivity contribution in [2.24, 2.45) is 0 Å². The van der Waals surface area contributed by atoms with Gasteiger partial charge >= 0.3 is 0 Å². The molecule has 10 heteroatoms. The smallest absolute Gasteiger partial charge is 0.295 e. The van der Waals surface area contributed by atoms with Crippen LogP contribution >= 0.6 is 23.2 Å². The Labute approximate surface area is 224 Å². The van der Waals surface area contributed by atoms with Crippen LogP contribution in [-0.4, -0.2) is 55.0 Å². The molecule has 1 N–H and O–H groups in total. The monoisotopic (exact) mass is 541 g/mol. The first-order valence-corrected chi connectivity index (χ1v) is 12.0. The summed E-state index contributed by atoms with van der Waals surface area (Å²) in [6.07, 6.45) is 3.22. The molecule has 37 heavy (non-hydrogen) atoms. The highest BCUT2D eigenvalue weighted by Crippen LogP contribution is 2.47. The molecule has 0 saturated carbocycles. The number of anilines is 1. The summed E-state index contributed by atoms with van der Waals surface area (Å²) in [6.45, 7) is 0.130. The van der Waals surface area contributed by atoms with Crippen LogP contribution in [0.25, 0.3) is 5.76 Å². The van der Waals surface area contributed by atoms with Gasteiger partial charge in [0.2, 0.25) is 0 Å². The van der Waals surface area contributed by atoms with Crippen LogP contribution in [-0.2, 0) is 16.1 Å². The molecule has 0 bridgehead atoms. The zero-order chi connectivity index (χ0) is 26.9. The molecular formula is C27H25Cl2N3O5. The van der Waals surface area contributed by atoms with Gasteiger partial charge in [0.05, 0.1) is 36.4 Å². The maximum atomic E-state index is 13.4. The molecule has 1 fully saturated rings. The lowest BCUT2D eigenvalue weighted by Crippen LogP contribution is -2.29. The van der Waals surface area contributed by atoms with Crippen LogP contribution in [0.15, 0.2) is 60.4 Å². The molecule has 0 spiro atoms. The average molecular weight is 542 g/mol. The number of likely N-dealkylation sites (tertiary alicyclic amines) is 1. The third-order valence-electron chi connectivity index (χ3n) is 6.16. The van der Waals surface area contributed by atoms with E-state index in [1.54, 1.807) is 24.5 Å². The summed E-state index contributed by atoms with van der Waals surface area (Å²) < 4.78 is 10.7. The Kier molecular flexibility index (Phi) is 7.61. The van der Waals surface area contributed by atoms with Crippen molar-refractivity contribution in [3.8, 4) is 11.5 Å². The van der Waals surface area contributed by atoms with Crippen molar-refractivity contribution in [3.05, 3.63) is 87.2 Å². The number of nitrogens with zero attached hydrogens (tertiary/aromatic N) is 3. The number of aromatic nitrogens is 1. The Morgan fingerprint density at radius 2 is 1.65 bits per heavy atom. The Morgan fingerprint density at radius 3 is 2.22 bits per heavy atom. The minimum atomic E-state index is -0.881. The molecule has 1 aromatic heterocycles. The zero-order valence-corrected chi connectivity index (χ0v) is 22.2. The summed E-state index contributed by atoms with van der Waals surface area (Å²) in [5, 5.41) is 11.6. The molecule has 1 amide bonds. The van der Waals surface area contributed by atoms with E-state index in [4.69, 9.17) is 32.7 Å². The zero-order valence-electron chi connectivity index (χ0n) is 20.7. The molecule has 0 aliphatic carbocycles. The van der Waals surface area contributed by atoms with Crippen molar-refractivity contribution in [1.29, 1.82) is 0 Å². The van der Waals surface area contributed by atoms with Gasteiger partial charge in [0, 0.05) is 38.7 Å². The lowest BCUT2D eigenvalue weighted by Gasteiger charge is -2.26. The van der Waals surface area contributed by atoms with Crippen molar-refractivity contribution >= 4 is 46.3 Å². The van der Waals surface area contributed by atoms with Crippen molar-refractivity contribution in [1.82, 2.24) is 9.88 Å². The van der Waals surface area contributed by atoms with Crippen molar-refractivity contribution < 1.29 is 24.2 Å². The van der Waals surface area contributed by atoms with E-state index in [2.05, 4.69) is 4.98 Å². The van der Waals surface area contributed by atoms with Gasteiger partial charge in [-0.1, -0.05) is 35.3 Å². The fourth-order valence-electron chi connectivity index (χ4n) is 4.32. The summed E-state index contributed by atoms with van der Waals surface area (Å²) in [6, 6.07) is 11.4. The first kappa shape index (κ1) is 26.3. The quantitative estimate of drug-likeness (QED) is 0.253. The molecule has 3 aromatic rings. The van der Waals surface area contributed by atoms with Crippen LogP contribution in [0.4, 0.5) is 5.69 Å². The number of aliphatic hydroxyl groups is 1. The summed E-state index contributed by atoms with van der Waals surface area (Å²) in [4.78, 5) is 34.1. The second-order valence-corrected chi connectivity index (χ2v) is 9.34. The number of carbonyl (C=O) groups excluding carboxylic acids is 2. The van der Waals surface area contributed by atoms with Gasteiger partial charge in [-0.2, -0.15) is 0 Å². The second-order valence-electron chi connectivity index (χ2n) is 8.55. The second kappa shape index (κ2) is 10.7. The van der Waals surface area contributed by atoms with E-state index in [1.807, 2.05) is 43.3 Å². The van der Waals surface area contributed by atoms with Crippen LogP contribution in [0.2, 0.25) is 10.0 Å². The molecule has 1 saturated heterocycles. The fraction of sp³-hybridized carbons (Fsp3) is 0.222. The van der Waals surface area contributed by atoms with Crippen molar-refractivity contribution in [2.75, 3.05) is 33.2 Å². The average Bonchev–Trinajstić information content (AvgIpc) is 3.13. The van der Waals surface area contributed by atoms with Gasteiger partial charge in [-0.15, -0.1) is 0 Å². The van der Waals surface area contributed by atoms with Gasteiger partial charge < -0.3 is 24.4 Å². The van der Waals surface area contributed by atoms with Gasteiger partial charge in [0.15, 0.2) is 11.5 Å². The lowest BCUT2D eigenvalue weighted by atomic mass is 9.94. The molecule has 2 aromatic carbocycles. The normalized spacial score (nSPS) is 16.7. The van der Waals surface area contributed by atoms with Gasteiger partial charge in [-0.05, 0) is 41.5 Å². The first-order valence-electron chi connectivity index (χ1n) is 11.2. The van der Waals surface area contributed by atoms with E-state index in [0.717, 1.165) is 11.3 Å². The fourth-order valence-corrected chi connectivity index (χ4v) is 5.01. The molecule has 8 nitrogen and oxygen atoms in total. The minimum Gasteiger partial charge on any atom is -0.507 e. The van der Waals surface area contributed by atoms with Crippen LogP contribution in [0.5, 0.6) is 11.5 Å². The molecular weight excluding hydrogens is 517 g/mol. The SMILES string of the molecule is COc1c(Cl)cc(/C(O)=C2\C(=O)C(=O)N(Cc3ccncc3)C2c2ccc(N(C)C)cc2)c(OC)c1Cl. The predicted octanol–water partition coefficient (Wildman–Crippen LogP) is 5.09. The number of aliphatic hydroxyl groups excluding tert-OH is 1. The van der Waals surface area contributed by atoms with Crippen LogP contribution in [0, 0.1) is 0 Å².